The minimum atomic E-state index is -0.629. The molecule has 0 spiro atoms. The highest BCUT2D eigenvalue weighted by molar-refractivity contribution is 6.30. The van der Waals surface area contributed by atoms with Gasteiger partial charge >= 0.3 is 0 Å². The molecule has 144 valence electrons. The number of amides is 1. The van der Waals surface area contributed by atoms with Gasteiger partial charge in [-0.25, -0.2) is 0 Å². The van der Waals surface area contributed by atoms with Crippen LogP contribution in [0.5, 0.6) is 11.5 Å². The summed E-state index contributed by atoms with van der Waals surface area (Å²) in [6.07, 6.45) is 0. The van der Waals surface area contributed by atoms with Gasteiger partial charge in [-0.05, 0) is 24.7 Å². The number of ketones is 2. The van der Waals surface area contributed by atoms with E-state index in [1.165, 1.54) is 30.3 Å². The molecule has 0 atom stereocenters. The normalized spacial score (nSPS) is 16.7. The Morgan fingerprint density at radius 3 is 2.29 bits per heavy atom. The van der Waals surface area contributed by atoms with Gasteiger partial charge in [0.25, 0.3) is 5.91 Å². The van der Waals surface area contributed by atoms with E-state index in [1.54, 1.807) is 4.90 Å². The fourth-order valence-electron chi connectivity index (χ4n) is 3.86. The number of rotatable bonds is 2. The minimum Gasteiger partial charge on any atom is -0.507 e. The third kappa shape index (κ3) is 2.75. The summed E-state index contributed by atoms with van der Waals surface area (Å²) in [5, 5.41) is 20.4. The number of phenolic OH excluding ortho intramolecular Hbond substituents is 2. The molecule has 1 heterocycles. The molecule has 1 amide bonds. The van der Waals surface area contributed by atoms with Crippen LogP contribution in [0.2, 0.25) is 0 Å². The van der Waals surface area contributed by atoms with Crippen molar-refractivity contribution in [1.29, 1.82) is 0 Å². The van der Waals surface area contributed by atoms with Gasteiger partial charge in [-0.15, -0.1) is 0 Å². The summed E-state index contributed by atoms with van der Waals surface area (Å²) >= 11 is 0. The second-order valence-electron chi connectivity index (χ2n) is 7.00. The highest BCUT2D eigenvalue weighted by atomic mass is 16.3. The van der Waals surface area contributed by atoms with Gasteiger partial charge in [0.2, 0.25) is 5.78 Å². The largest absolute Gasteiger partial charge is 0.507 e. The third-order valence-corrected chi connectivity index (χ3v) is 5.46. The molecule has 2 aromatic carbocycles. The molecule has 1 aliphatic heterocycles. The number of carbonyl (C=O) groups excluding carboxylic acids is 3. The Morgan fingerprint density at radius 1 is 0.929 bits per heavy atom. The maximum Gasteiger partial charge on any atom is 0.254 e. The van der Waals surface area contributed by atoms with E-state index in [1.807, 2.05) is 0 Å². The molecule has 0 aromatic heterocycles. The lowest BCUT2D eigenvalue weighted by Crippen LogP contribution is -2.48. The standard InChI is InChI=1S/C21H20N2O5/c1-2-22-6-8-23(9-7-22)21(28)12-10-14-18(16(25)11-12)20(27)17-13(19(14)26)4-3-5-15(17)24/h3-5,10-11,24-25H,2,6-9H2,1H3. The Kier molecular flexibility index (Phi) is 4.39. The number of phenols is 2. The van der Waals surface area contributed by atoms with Gasteiger partial charge in [0.15, 0.2) is 5.78 Å². The summed E-state index contributed by atoms with van der Waals surface area (Å²) in [6, 6.07) is 6.85. The van der Waals surface area contributed by atoms with Crippen LogP contribution in [0.3, 0.4) is 0 Å². The number of carbonyl (C=O) groups is 3. The number of hydrogen-bond donors (Lipinski definition) is 2. The van der Waals surface area contributed by atoms with Crippen LogP contribution in [-0.2, 0) is 0 Å². The van der Waals surface area contributed by atoms with Gasteiger partial charge in [-0.2, -0.15) is 0 Å². The van der Waals surface area contributed by atoms with Gasteiger partial charge in [-0.3, -0.25) is 14.4 Å². The first-order chi connectivity index (χ1) is 13.4. The van der Waals surface area contributed by atoms with E-state index in [0.717, 1.165) is 19.6 Å². The number of benzene rings is 2. The maximum absolute atomic E-state index is 12.9. The SMILES string of the molecule is CCN1CCN(C(=O)c2cc(O)c3c(c2)C(=O)c2cccc(O)c2C3=O)CC1. The van der Waals surface area contributed by atoms with Crippen molar-refractivity contribution in [3.8, 4) is 11.5 Å². The lowest BCUT2D eigenvalue weighted by molar-refractivity contribution is 0.0642. The van der Waals surface area contributed by atoms with E-state index in [4.69, 9.17) is 0 Å². The lowest BCUT2D eigenvalue weighted by atomic mass is 9.82. The van der Waals surface area contributed by atoms with Crippen molar-refractivity contribution >= 4 is 17.5 Å². The van der Waals surface area contributed by atoms with Crippen LogP contribution < -0.4 is 0 Å². The second kappa shape index (κ2) is 6.76. The predicted octanol–water partition coefficient (Wildman–Crippen LogP) is 1.65. The number of hydrogen-bond acceptors (Lipinski definition) is 6. The fraction of sp³-hybridized carbons (Fsp3) is 0.286. The Hall–Kier alpha value is -3.19. The van der Waals surface area contributed by atoms with Gasteiger partial charge < -0.3 is 20.0 Å². The summed E-state index contributed by atoms with van der Waals surface area (Å²) in [5.41, 5.74) is -0.0703. The van der Waals surface area contributed by atoms with Gasteiger partial charge in [0, 0.05) is 42.9 Å². The molecule has 2 N–H and O–H groups in total. The summed E-state index contributed by atoms with van der Waals surface area (Å²) in [7, 11) is 0. The van der Waals surface area contributed by atoms with Crippen molar-refractivity contribution in [1.82, 2.24) is 9.80 Å². The molecular formula is C21H20N2O5. The molecule has 7 heteroatoms. The van der Waals surface area contributed by atoms with Crippen LogP contribution in [0.15, 0.2) is 30.3 Å². The first kappa shape index (κ1) is 18.2. The number of fused-ring (bicyclic) bond motifs is 2. The van der Waals surface area contributed by atoms with Gasteiger partial charge in [0.05, 0.1) is 11.1 Å². The number of likely N-dealkylation sites (N-methyl/N-ethyl adjacent to an activating group) is 1. The molecule has 7 nitrogen and oxygen atoms in total. The lowest BCUT2D eigenvalue weighted by Gasteiger charge is -2.34. The van der Waals surface area contributed by atoms with Crippen LogP contribution >= 0.6 is 0 Å². The summed E-state index contributed by atoms with van der Waals surface area (Å²) in [4.78, 5) is 42.5. The molecule has 2 aromatic rings. The van der Waals surface area contributed by atoms with Crippen molar-refractivity contribution in [3.63, 3.8) is 0 Å². The molecule has 0 unspecified atom stereocenters. The quantitative estimate of drug-likeness (QED) is 0.702. The topological polar surface area (TPSA) is 98.2 Å². The zero-order valence-electron chi connectivity index (χ0n) is 15.4. The van der Waals surface area contributed by atoms with E-state index in [-0.39, 0.29) is 39.5 Å². The van der Waals surface area contributed by atoms with Gasteiger partial charge in [0.1, 0.15) is 11.5 Å². The minimum absolute atomic E-state index is 0.0151. The average molecular weight is 380 g/mol. The second-order valence-corrected chi connectivity index (χ2v) is 7.00. The molecule has 2 aliphatic rings. The Bertz CT molecular complexity index is 1010. The molecule has 1 saturated heterocycles. The molecule has 0 radical (unpaired) electrons. The summed E-state index contributed by atoms with van der Waals surface area (Å²) in [5.74, 6) is -2.15. The van der Waals surface area contributed by atoms with Gasteiger partial charge in [-0.1, -0.05) is 19.1 Å². The Balaban J connectivity index is 1.72. The highest BCUT2D eigenvalue weighted by Gasteiger charge is 2.35. The van der Waals surface area contributed by atoms with Crippen LogP contribution in [0.4, 0.5) is 0 Å². The first-order valence-electron chi connectivity index (χ1n) is 9.22. The van der Waals surface area contributed by atoms with E-state index in [2.05, 4.69) is 11.8 Å². The van der Waals surface area contributed by atoms with Crippen LogP contribution in [-0.4, -0.2) is 70.2 Å². The van der Waals surface area contributed by atoms with Crippen molar-refractivity contribution in [3.05, 3.63) is 58.1 Å². The maximum atomic E-state index is 12.9. The van der Waals surface area contributed by atoms with Crippen molar-refractivity contribution < 1.29 is 24.6 Å². The molecule has 4 rings (SSSR count). The molecule has 1 fully saturated rings. The zero-order chi connectivity index (χ0) is 20.0. The van der Waals surface area contributed by atoms with E-state index >= 15 is 0 Å². The summed E-state index contributed by atoms with van der Waals surface area (Å²) < 4.78 is 0. The molecule has 0 saturated carbocycles. The zero-order valence-corrected chi connectivity index (χ0v) is 15.4. The van der Waals surface area contributed by atoms with Crippen LogP contribution in [0.1, 0.15) is 49.1 Å². The fourth-order valence-corrected chi connectivity index (χ4v) is 3.86. The molecular weight excluding hydrogens is 360 g/mol. The van der Waals surface area contributed by atoms with Crippen LogP contribution in [0, 0.1) is 0 Å². The average Bonchev–Trinajstić information content (AvgIpc) is 2.70. The number of aromatic hydroxyl groups is 2. The van der Waals surface area contributed by atoms with Crippen molar-refractivity contribution in [2.24, 2.45) is 0 Å². The van der Waals surface area contributed by atoms with Crippen LogP contribution in [0.25, 0.3) is 0 Å². The van der Waals surface area contributed by atoms with E-state index in [0.29, 0.717) is 13.1 Å². The monoisotopic (exact) mass is 380 g/mol. The first-order valence-corrected chi connectivity index (χ1v) is 9.22. The molecule has 1 aliphatic carbocycles. The van der Waals surface area contributed by atoms with E-state index < -0.39 is 17.3 Å². The molecule has 0 bridgehead atoms. The number of nitrogens with zero attached hydrogens (tertiary/aromatic N) is 2. The van der Waals surface area contributed by atoms with E-state index in [9.17, 15) is 24.6 Å². The summed E-state index contributed by atoms with van der Waals surface area (Å²) in [6.45, 7) is 5.65. The van der Waals surface area contributed by atoms with Crippen molar-refractivity contribution in [2.75, 3.05) is 32.7 Å². The predicted molar refractivity (Wildman–Crippen MR) is 101 cm³/mol. The third-order valence-electron chi connectivity index (χ3n) is 5.46. The Morgan fingerprint density at radius 2 is 1.61 bits per heavy atom. The number of piperazine rings is 1. The Labute approximate surface area is 161 Å². The smallest absolute Gasteiger partial charge is 0.254 e. The molecule has 28 heavy (non-hydrogen) atoms. The highest BCUT2D eigenvalue weighted by Crippen LogP contribution is 2.37. The van der Waals surface area contributed by atoms with Crippen molar-refractivity contribution in [2.45, 2.75) is 6.92 Å².